The second-order valence-electron chi connectivity index (χ2n) is 5.30. The number of hydrogen-bond acceptors (Lipinski definition) is 3. The number of nitrogens with zero attached hydrogens (tertiary/aromatic N) is 4. The Morgan fingerprint density at radius 2 is 2.04 bits per heavy atom. The molecule has 1 amide bonds. The molecule has 0 aliphatic rings. The maximum atomic E-state index is 13.1. The molecule has 0 radical (unpaired) electrons. The summed E-state index contributed by atoms with van der Waals surface area (Å²) >= 11 is 12.0. The molecule has 1 N–H and O–H groups in total. The number of aryl methyl sites for hydroxylation is 1. The summed E-state index contributed by atoms with van der Waals surface area (Å²) in [6.45, 7) is 2.86. The standard InChI is InChI=1S/C16H14Cl2FN5O/c1-2-23-9-14(18)15(22-23)16(25)21-12-6-20-24(8-12)7-10-3-4-11(19)5-13(10)17/h3-6,8-9H,2,7H2,1H3,(H,21,25). The third-order valence-electron chi connectivity index (χ3n) is 3.49. The van der Waals surface area contributed by atoms with E-state index in [9.17, 15) is 9.18 Å². The highest BCUT2D eigenvalue weighted by atomic mass is 35.5. The van der Waals surface area contributed by atoms with E-state index in [-0.39, 0.29) is 10.7 Å². The summed E-state index contributed by atoms with van der Waals surface area (Å²) in [6.07, 6.45) is 4.73. The van der Waals surface area contributed by atoms with Crippen molar-refractivity contribution in [2.75, 3.05) is 5.32 Å². The zero-order valence-corrected chi connectivity index (χ0v) is 14.7. The summed E-state index contributed by atoms with van der Waals surface area (Å²) in [5, 5.41) is 11.6. The Bertz CT molecular complexity index is 921. The summed E-state index contributed by atoms with van der Waals surface area (Å²) in [6, 6.07) is 4.17. The van der Waals surface area contributed by atoms with Gasteiger partial charge in [-0.05, 0) is 24.6 Å². The number of hydrogen-bond donors (Lipinski definition) is 1. The zero-order chi connectivity index (χ0) is 18.0. The molecule has 0 saturated heterocycles. The Morgan fingerprint density at radius 1 is 1.24 bits per heavy atom. The van der Waals surface area contributed by atoms with Crippen molar-refractivity contribution >= 4 is 34.8 Å². The number of rotatable bonds is 5. The lowest BCUT2D eigenvalue weighted by molar-refractivity contribution is 0.102. The van der Waals surface area contributed by atoms with E-state index in [0.717, 1.165) is 0 Å². The number of nitrogens with one attached hydrogen (secondary N) is 1. The predicted octanol–water partition coefficient (Wildman–Crippen LogP) is 3.85. The molecule has 0 unspecified atom stereocenters. The van der Waals surface area contributed by atoms with Gasteiger partial charge in [0, 0.05) is 24.0 Å². The van der Waals surface area contributed by atoms with Crippen LogP contribution in [0, 0.1) is 5.82 Å². The summed E-state index contributed by atoms with van der Waals surface area (Å²) in [7, 11) is 0. The molecule has 130 valence electrons. The molecular formula is C16H14Cl2FN5O. The first kappa shape index (κ1) is 17.4. The third kappa shape index (κ3) is 4.00. The average Bonchev–Trinajstić information content (AvgIpc) is 3.16. The molecule has 2 aromatic heterocycles. The molecule has 0 bridgehead atoms. The van der Waals surface area contributed by atoms with E-state index in [1.165, 1.54) is 18.3 Å². The van der Waals surface area contributed by atoms with Crippen LogP contribution in [-0.2, 0) is 13.1 Å². The molecule has 3 rings (SSSR count). The molecule has 0 saturated carbocycles. The first-order chi connectivity index (χ1) is 12.0. The van der Waals surface area contributed by atoms with Crippen LogP contribution in [0.15, 0.2) is 36.8 Å². The first-order valence-corrected chi connectivity index (χ1v) is 8.22. The highest BCUT2D eigenvalue weighted by molar-refractivity contribution is 6.34. The molecule has 0 fully saturated rings. The smallest absolute Gasteiger partial charge is 0.277 e. The highest BCUT2D eigenvalue weighted by Gasteiger charge is 2.16. The quantitative estimate of drug-likeness (QED) is 0.729. The molecule has 2 heterocycles. The Morgan fingerprint density at radius 3 is 2.72 bits per heavy atom. The fourth-order valence-electron chi connectivity index (χ4n) is 2.24. The summed E-state index contributed by atoms with van der Waals surface area (Å²) in [5.41, 5.74) is 1.36. The monoisotopic (exact) mass is 381 g/mol. The van der Waals surface area contributed by atoms with Crippen molar-refractivity contribution in [1.82, 2.24) is 19.6 Å². The number of carbonyl (C=O) groups excluding carboxylic acids is 1. The minimum atomic E-state index is -0.420. The zero-order valence-electron chi connectivity index (χ0n) is 13.2. The lowest BCUT2D eigenvalue weighted by Gasteiger charge is -2.04. The van der Waals surface area contributed by atoms with Crippen LogP contribution in [0.25, 0.3) is 0 Å². The number of benzene rings is 1. The predicted molar refractivity (Wildman–Crippen MR) is 93.6 cm³/mol. The number of carbonyl (C=O) groups is 1. The summed E-state index contributed by atoms with van der Waals surface area (Å²) in [4.78, 5) is 12.3. The number of aromatic nitrogens is 4. The van der Waals surface area contributed by atoms with E-state index in [4.69, 9.17) is 23.2 Å². The highest BCUT2D eigenvalue weighted by Crippen LogP contribution is 2.19. The second kappa shape index (κ2) is 7.25. The Balaban J connectivity index is 1.70. The van der Waals surface area contributed by atoms with E-state index >= 15 is 0 Å². The van der Waals surface area contributed by atoms with Gasteiger partial charge in [-0.1, -0.05) is 29.3 Å². The van der Waals surface area contributed by atoms with Crippen LogP contribution in [0.5, 0.6) is 0 Å². The van der Waals surface area contributed by atoms with Crippen LogP contribution in [0.2, 0.25) is 10.0 Å². The van der Waals surface area contributed by atoms with Crippen LogP contribution in [0.1, 0.15) is 23.0 Å². The van der Waals surface area contributed by atoms with Crippen molar-refractivity contribution in [3.63, 3.8) is 0 Å². The van der Waals surface area contributed by atoms with Crippen molar-refractivity contribution < 1.29 is 9.18 Å². The van der Waals surface area contributed by atoms with Gasteiger partial charge in [-0.15, -0.1) is 0 Å². The van der Waals surface area contributed by atoms with Gasteiger partial charge in [0.25, 0.3) is 5.91 Å². The fourth-order valence-corrected chi connectivity index (χ4v) is 2.71. The molecule has 1 aromatic carbocycles. The topological polar surface area (TPSA) is 64.7 Å². The van der Waals surface area contributed by atoms with E-state index in [2.05, 4.69) is 15.5 Å². The number of halogens is 3. The van der Waals surface area contributed by atoms with Crippen LogP contribution >= 0.6 is 23.2 Å². The molecule has 6 nitrogen and oxygen atoms in total. The van der Waals surface area contributed by atoms with Gasteiger partial charge in [-0.25, -0.2) is 4.39 Å². The van der Waals surface area contributed by atoms with Gasteiger partial charge < -0.3 is 5.32 Å². The van der Waals surface area contributed by atoms with Gasteiger partial charge in [-0.3, -0.25) is 14.2 Å². The van der Waals surface area contributed by atoms with Crippen LogP contribution in [0.3, 0.4) is 0 Å². The number of amides is 1. The molecule has 3 aromatic rings. The molecule has 0 aliphatic heterocycles. The van der Waals surface area contributed by atoms with E-state index in [0.29, 0.717) is 29.4 Å². The normalized spacial score (nSPS) is 10.9. The largest absolute Gasteiger partial charge is 0.318 e. The summed E-state index contributed by atoms with van der Waals surface area (Å²) < 4.78 is 16.2. The first-order valence-electron chi connectivity index (χ1n) is 7.47. The van der Waals surface area contributed by atoms with E-state index in [1.807, 2.05) is 6.92 Å². The molecule has 25 heavy (non-hydrogen) atoms. The Labute approximate surface area is 153 Å². The van der Waals surface area contributed by atoms with Crippen molar-refractivity contribution in [2.45, 2.75) is 20.0 Å². The van der Waals surface area contributed by atoms with Gasteiger partial charge in [-0.2, -0.15) is 10.2 Å². The lowest BCUT2D eigenvalue weighted by Crippen LogP contribution is -2.13. The third-order valence-corrected chi connectivity index (χ3v) is 4.12. The van der Waals surface area contributed by atoms with Gasteiger partial charge in [0.2, 0.25) is 0 Å². The van der Waals surface area contributed by atoms with Crippen LogP contribution in [0.4, 0.5) is 10.1 Å². The Hall–Kier alpha value is -2.38. The van der Waals surface area contributed by atoms with Gasteiger partial charge in [0.05, 0.1) is 23.5 Å². The molecule has 0 aliphatic carbocycles. The van der Waals surface area contributed by atoms with Gasteiger partial charge in [0.1, 0.15) is 5.82 Å². The van der Waals surface area contributed by atoms with Crippen molar-refractivity contribution in [1.29, 1.82) is 0 Å². The molecule has 0 atom stereocenters. The Kier molecular flexibility index (Phi) is 5.06. The number of anilines is 1. The van der Waals surface area contributed by atoms with Crippen molar-refractivity contribution in [2.24, 2.45) is 0 Å². The molecule has 9 heteroatoms. The molecule has 0 spiro atoms. The lowest BCUT2D eigenvalue weighted by atomic mass is 10.2. The minimum absolute atomic E-state index is 0.151. The van der Waals surface area contributed by atoms with Gasteiger partial charge >= 0.3 is 0 Å². The van der Waals surface area contributed by atoms with Crippen LogP contribution < -0.4 is 5.32 Å². The maximum Gasteiger partial charge on any atom is 0.277 e. The minimum Gasteiger partial charge on any atom is -0.318 e. The second-order valence-corrected chi connectivity index (χ2v) is 6.11. The fraction of sp³-hybridized carbons (Fsp3) is 0.188. The maximum absolute atomic E-state index is 13.1. The van der Waals surface area contributed by atoms with Gasteiger partial charge in [0.15, 0.2) is 5.69 Å². The summed E-state index contributed by atoms with van der Waals surface area (Å²) in [5.74, 6) is -0.817. The van der Waals surface area contributed by atoms with Crippen molar-refractivity contribution in [3.05, 3.63) is 63.9 Å². The SMILES string of the molecule is CCn1cc(Cl)c(C(=O)Nc2cnn(Cc3ccc(F)cc3Cl)c2)n1. The molecular weight excluding hydrogens is 368 g/mol. The van der Waals surface area contributed by atoms with Crippen molar-refractivity contribution in [3.8, 4) is 0 Å². The van der Waals surface area contributed by atoms with Crippen LogP contribution in [-0.4, -0.2) is 25.5 Å². The van der Waals surface area contributed by atoms with E-state index in [1.54, 1.807) is 27.8 Å². The average molecular weight is 382 g/mol. The van der Waals surface area contributed by atoms with E-state index < -0.39 is 11.7 Å².